The molecule has 1 N–H and O–H groups in total. The lowest BCUT2D eigenvalue weighted by Gasteiger charge is -2.37. The van der Waals surface area contributed by atoms with Crippen LogP contribution < -0.4 is 10.1 Å². The third kappa shape index (κ3) is 4.78. The first-order valence-corrected chi connectivity index (χ1v) is 10.1. The molecule has 2 amide bonds. The lowest BCUT2D eigenvalue weighted by atomic mass is 9.71. The van der Waals surface area contributed by atoms with Crippen molar-refractivity contribution in [2.24, 2.45) is 5.41 Å². The van der Waals surface area contributed by atoms with E-state index in [9.17, 15) is 9.59 Å². The number of methoxy groups -OCH3 is 1. The molecule has 28 heavy (non-hydrogen) atoms. The van der Waals surface area contributed by atoms with Crippen molar-refractivity contribution in [2.45, 2.75) is 71.1 Å². The van der Waals surface area contributed by atoms with Gasteiger partial charge in [0.2, 0.25) is 5.91 Å². The number of amides is 2. The molecule has 1 aliphatic heterocycles. The van der Waals surface area contributed by atoms with Crippen LogP contribution in [0.3, 0.4) is 0 Å². The molecular weight excluding hydrogens is 356 g/mol. The molecule has 1 unspecified atom stereocenters. The summed E-state index contributed by atoms with van der Waals surface area (Å²) in [4.78, 5) is 27.3. The van der Waals surface area contributed by atoms with Crippen LogP contribution >= 0.6 is 0 Å². The average molecular weight is 389 g/mol. The summed E-state index contributed by atoms with van der Waals surface area (Å²) in [5.74, 6) is 1.04. The summed E-state index contributed by atoms with van der Waals surface area (Å²) in [6.07, 6.45) is 3.90. The molecule has 2 aliphatic rings. The Labute approximate surface area is 167 Å². The summed E-state index contributed by atoms with van der Waals surface area (Å²) in [6.45, 7) is 6.95. The maximum atomic E-state index is 13.2. The van der Waals surface area contributed by atoms with Crippen molar-refractivity contribution in [3.8, 4) is 5.75 Å². The highest BCUT2D eigenvalue weighted by molar-refractivity contribution is 5.85. The highest BCUT2D eigenvalue weighted by atomic mass is 16.6. The average Bonchev–Trinajstić information content (AvgIpc) is 2.90. The number of likely N-dealkylation sites (tertiary alicyclic amines) is 1. The molecule has 1 saturated carbocycles. The minimum absolute atomic E-state index is 0.00603. The molecule has 0 radical (unpaired) electrons. The molecule has 2 atom stereocenters. The quantitative estimate of drug-likeness (QED) is 0.850. The lowest BCUT2D eigenvalue weighted by molar-refractivity contribution is -0.138. The standard InChI is InChI=1S/C22H32N2O4/c1-21(2,3)28-20(26)23-17-6-5-11-22(14-17)12-13-24(19(22)25)15-16-7-9-18(27-4)10-8-16/h7-10,17H,5-6,11-15H2,1-4H3,(H,23,26)/t17-,22?/m0/s1. The van der Waals surface area contributed by atoms with E-state index in [0.29, 0.717) is 13.0 Å². The largest absolute Gasteiger partial charge is 0.497 e. The van der Waals surface area contributed by atoms with Gasteiger partial charge in [0, 0.05) is 19.1 Å². The third-order valence-electron chi connectivity index (χ3n) is 5.70. The van der Waals surface area contributed by atoms with Gasteiger partial charge in [-0.3, -0.25) is 4.79 Å². The smallest absolute Gasteiger partial charge is 0.407 e. The summed E-state index contributed by atoms with van der Waals surface area (Å²) in [5.41, 5.74) is 0.240. The maximum Gasteiger partial charge on any atom is 0.407 e. The van der Waals surface area contributed by atoms with Crippen LogP contribution in [-0.4, -0.2) is 42.2 Å². The van der Waals surface area contributed by atoms with E-state index >= 15 is 0 Å². The molecule has 1 saturated heterocycles. The van der Waals surface area contributed by atoms with E-state index in [1.54, 1.807) is 7.11 Å². The Morgan fingerprint density at radius 1 is 1.25 bits per heavy atom. The second kappa shape index (κ2) is 8.02. The molecule has 3 rings (SSSR count). The molecule has 1 aliphatic carbocycles. The van der Waals surface area contributed by atoms with E-state index in [1.165, 1.54) is 0 Å². The van der Waals surface area contributed by atoms with E-state index in [0.717, 1.165) is 43.5 Å². The van der Waals surface area contributed by atoms with Gasteiger partial charge in [-0.05, 0) is 64.2 Å². The molecule has 1 aromatic rings. The van der Waals surface area contributed by atoms with Crippen LogP contribution in [0, 0.1) is 5.41 Å². The normalized spacial score (nSPS) is 25.1. The first-order valence-electron chi connectivity index (χ1n) is 10.1. The maximum absolute atomic E-state index is 13.2. The summed E-state index contributed by atoms with van der Waals surface area (Å²) in [7, 11) is 1.65. The van der Waals surface area contributed by atoms with Gasteiger partial charge in [0.1, 0.15) is 11.4 Å². The molecule has 6 heteroatoms. The van der Waals surface area contributed by atoms with Crippen molar-refractivity contribution in [1.29, 1.82) is 0 Å². The monoisotopic (exact) mass is 388 g/mol. The third-order valence-corrected chi connectivity index (χ3v) is 5.70. The fourth-order valence-corrected chi connectivity index (χ4v) is 4.38. The van der Waals surface area contributed by atoms with Gasteiger partial charge < -0.3 is 19.7 Å². The predicted molar refractivity (Wildman–Crippen MR) is 107 cm³/mol. The number of ether oxygens (including phenoxy) is 2. The molecule has 0 bridgehead atoms. The van der Waals surface area contributed by atoms with Crippen molar-refractivity contribution in [3.05, 3.63) is 29.8 Å². The first kappa shape index (κ1) is 20.5. The van der Waals surface area contributed by atoms with Gasteiger partial charge in [0.05, 0.1) is 12.5 Å². The highest BCUT2D eigenvalue weighted by Crippen LogP contribution is 2.45. The fourth-order valence-electron chi connectivity index (χ4n) is 4.38. The summed E-state index contributed by atoms with van der Waals surface area (Å²) in [5, 5.41) is 2.98. The number of hydrogen-bond donors (Lipinski definition) is 1. The second-order valence-corrected chi connectivity index (χ2v) is 9.04. The number of hydrogen-bond acceptors (Lipinski definition) is 4. The Morgan fingerprint density at radius 2 is 1.96 bits per heavy atom. The van der Waals surface area contributed by atoms with Gasteiger partial charge in [-0.25, -0.2) is 4.79 Å². The van der Waals surface area contributed by atoms with Crippen molar-refractivity contribution >= 4 is 12.0 Å². The van der Waals surface area contributed by atoms with Crippen LogP contribution in [-0.2, 0) is 16.1 Å². The topological polar surface area (TPSA) is 67.9 Å². The van der Waals surface area contributed by atoms with Crippen molar-refractivity contribution < 1.29 is 19.1 Å². The zero-order chi connectivity index (χ0) is 20.4. The molecule has 1 aromatic carbocycles. The van der Waals surface area contributed by atoms with Gasteiger partial charge in [0.15, 0.2) is 0 Å². The molecule has 0 aromatic heterocycles. The Hall–Kier alpha value is -2.24. The van der Waals surface area contributed by atoms with Gasteiger partial charge in [-0.2, -0.15) is 0 Å². The molecule has 1 heterocycles. The Balaban J connectivity index is 1.60. The van der Waals surface area contributed by atoms with E-state index in [4.69, 9.17) is 9.47 Å². The van der Waals surface area contributed by atoms with E-state index in [-0.39, 0.29) is 17.4 Å². The number of carbonyl (C=O) groups is 2. The van der Waals surface area contributed by atoms with Gasteiger partial charge in [-0.15, -0.1) is 0 Å². The molecule has 1 spiro atoms. The fraction of sp³-hybridized carbons (Fsp3) is 0.636. The number of benzene rings is 1. The molecule has 6 nitrogen and oxygen atoms in total. The predicted octanol–water partition coefficient (Wildman–Crippen LogP) is 3.88. The van der Waals surface area contributed by atoms with Crippen LogP contribution in [0.5, 0.6) is 5.75 Å². The van der Waals surface area contributed by atoms with Crippen LogP contribution in [0.15, 0.2) is 24.3 Å². The molecule has 2 fully saturated rings. The summed E-state index contributed by atoms with van der Waals surface area (Å²) >= 11 is 0. The number of rotatable bonds is 4. The minimum Gasteiger partial charge on any atom is -0.497 e. The van der Waals surface area contributed by atoms with E-state index < -0.39 is 11.7 Å². The van der Waals surface area contributed by atoms with Crippen LogP contribution in [0.4, 0.5) is 4.79 Å². The Kier molecular flexibility index (Phi) is 5.87. The van der Waals surface area contributed by atoms with Gasteiger partial charge in [-0.1, -0.05) is 18.6 Å². The SMILES string of the molecule is COc1ccc(CN2CCC3(CCC[C@H](NC(=O)OC(C)(C)C)C3)C2=O)cc1. The van der Waals surface area contributed by atoms with Crippen LogP contribution in [0.1, 0.15) is 58.4 Å². The minimum atomic E-state index is -0.519. The lowest BCUT2D eigenvalue weighted by Crippen LogP contribution is -2.46. The number of carbonyl (C=O) groups excluding carboxylic acids is 2. The van der Waals surface area contributed by atoms with Gasteiger partial charge in [0.25, 0.3) is 0 Å². The van der Waals surface area contributed by atoms with Crippen molar-refractivity contribution in [1.82, 2.24) is 10.2 Å². The van der Waals surface area contributed by atoms with E-state index in [2.05, 4.69) is 5.32 Å². The van der Waals surface area contributed by atoms with Gasteiger partial charge >= 0.3 is 6.09 Å². The molecule has 154 valence electrons. The Morgan fingerprint density at radius 3 is 2.61 bits per heavy atom. The number of nitrogens with zero attached hydrogens (tertiary/aromatic N) is 1. The van der Waals surface area contributed by atoms with Crippen molar-refractivity contribution in [2.75, 3.05) is 13.7 Å². The zero-order valence-corrected chi connectivity index (χ0v) is 17.4. The summed E-state index contributed by atoms with van der Waals surface area (Å²) in [6, 6.07) is 7.85. The number of alkyl carbamates (subject to hydrolysis) is 1. The molecular formula is C22H32N2O4. The zero-order valence-electron chi connectivity index (χ0n) is 17.4. The first-order chi connectivity index (χ1) is 13.2. The summed E-state index contributed by atoms with van der Waals surface area (Å²) < 4.78 is 10.6. The second-order valence-electron chi connectivity index (χ2n) is 9.04. The Bertz CT molecular complexity index is 710. The van der Waals surface area contributed by atoms with E-state index in [1.807, 2.05) is 49.9 Å². The number of nitrogens with one attached hydrogen (secondary N) is 1. The highest BCUT2D eigenvalue weighted by Gasteiger charge is 2.49. The van der Waals surface area contributed by atoms with Crippen molar-refractivity contribution in [3.63, 3.8) is 0 Å². The van der Waals surface area contributed by atoms with Crippen LogP contribution in [0.25, 0.3) is 0 Å². The van der Waals surface area contributed by atoms with Crippen LogP contribution in [0.2, 0.25) is 0 Å².